The molecule has 2 aliphatic heterocycles. The van der Waals surface area contributed by atoms with Gasteiger partial charge in [0.1, 0.15) is 0 Å². The molecule has 448 valence electrons. The molecule has 0 aromatic heterocycles. The number of benzene rings is 9. The molecule has 3 nitrogen and oxygen atoms in total. The molecule has 4 aliphatic rings. The van der Waals surface area contributed by atoms with Crippen molar-refractivity contribution in [2.24, 2.45) is 0 Å². The SMILES string of the molecule is Cc1cc2c(cc1N1c3cc(N(c4ccc(C(C)(C)C)cc4)c4ccc(C(C)(C)C)cc4)ccc3B3c4cc5c(cc4N(c4ccc(C(C)(C)C)cc4-c4ccccc4)c4cc(C(C)(C)C)cc1c43)C(C)(C)CC5(C)C)C(C)(C)c1ccccc1C2(C)C. The summed E-state index contributed by atoms with van der Waals surface area (Å²) in [6.07, 6.45) is 1.08. The fourth-order valence-corrected chi connectivity index (χ4v) is 16.1. The lowest BCUT2D eigenvalue weighted by molar-refractivity contribution is 0.403. The maximum Gasteiger partial charge on any atom is 0.252 e. The standard InChI is InChI=1S/C84H94BN3/c1-52-43-66-67(84(20,21)63-30-26-25-29-62(63)83(66,18)19)50-71(52)88-72-47-60(86(58-36-31-54(32-37-58)77(2,3)4)59-38-33-55(34-39-59)78(5,6)7)40-41-68(72)85-69-48-64-65(82(16,17)51-81(64,14)15)49-73(69)87(74-45-57(80(11,12)13)46-75(88)76(74)85)70-42-35-56(79(8,9)10)44-61(70)53-27-23-22-24-28-53/h22-50H,51H2,1-21H3. The number of fused-ring (bicyclic) bond motifs is 7. The summed E-state index contributed by atoms with van der Waals surface area (Å²) in [6.45, 7) is 50.1. The van der Waals surface area contributed by atoms with Crippen LogP contribution in [0.1, 0.15) is 206 Å². The first-order valence-electron chi connectivity index (χ1n) is 32.7. The molecule has 0 saturated heterocycles. The van der Waals surface area contributed by atoms with Crippen molar-refractivity contribution >= 4 is 74.3 Å². The first kappa shape index (κ1) is 59.4. The Morgan fingerprint density at radius 1 is 0.352 bits per heavy atom. The van der Waals surface area contributed by atoms with Crippen LogP contribution in [0, 0.1) is 6.92 Å². The molecule has 0 fully saturated rings. The zero-order valence-electron chi connectivity index (χ0n) is 56.9. The van der Waals surface area contributed by atoms with Crippen LogP contribution < -0.4 is 31.1 Å². The Hall–Kier alpha value is -7.56. The van der Waals surface area contributed by atoms with Gasteiger partial charge in [0, 0.05) is 61.9 Å². The van der Waals surface area contributed by atoms with Crippen molar-refractivity contribution in [2.75, 3.05) is 14.7 Å². The van der Waals surface area contributed by atoms with E-state index in [4.69, 9.17) is 0 Å². The molecule has 0 N–H and O–H groups in total. The van der Waals surface area contributed by atoms with Gasteiger partial charge in [0.15, 0.2) is 0 Å². The highest BCUT2D eigenvalue weighted by Gasteiger charge is 2.50. The zero-order valence-corrected chi connectivity index (χ0v) is 56.9. The summed E-state index contributed by atoms with van der Waals surface area (Å²) < 4.78 is 0. The smallest absolute Gasteiger partial charge is 0.252 e. The summed E-state index contributed by atoms with van der Waals surface area (Å²) in [4.78, 5) is 7.96. The maximum atomic E-state index is 2.73. The van der Waals surface area contributed by atoms with E-state index >= 15 is 0 Å². The third-order valence-electron chi connectivity index (χ3n) is 21.0. The molecular weight excluding hydrogens is 1060 g/mol. The summed E-state index contributed by atoms with van der Waals surface area (Å²) in [7, 11) is 0. The van der Waals surface area contributed by atoms with E-state index in [1.165, 1.54) is 123 Å². The second-order valence-electron chi connectivity index (χ2n) is 33.2. The van der Waals surface area contributed by atoms with Crippen LogP contribution in [0.2, 0.25) is 0 Å². The van der Waals surface area contributed by atoms with Crippen LogP contribution in [0.25, 0.3) is 11.1 Å². The van der Waals surface area contributed by atoms with Crippen molar-refractivity contribution in [3.63, 3.8) is 0 Å². The van der Waals surface area contributed by atoms with Crippen LogP contribution in [0.3, 0.4) is 0 Å². The lowest BCUT2D eigenvalue weighted by Crippen LogP contribution is -2.61. The first-order chi connectivity index (χ1) is 41.1. The summed E-state index contributed by atoms with van der Waals surface area (Å²) >= 11 is 0. The molecule has 2 aliphatic carbocycles. The van der Waals surface area contributed by atoms with E-state index < -0.39 is 0 Å². The molecule has 0 radical (unpaired) electrons. The average molecular weight is 1160 g/mol. The van der Waals surface area contributed by atoms with Gasteiger partial charge in [-0.25, -0.2) is 0 Å². The molecule has 0 amide bonds. The van der Waals surface area contributed by atoms with E-state index in [2.05, 4.69) is 336 Å². The second kappa shape index (κ2) is 19.7. The van der Waals surface area contributed by atoms with Gasteiger partial charge in [-0.15, -0.1) is 0 Å². The molecule has 0 unspecified atom stereocenters. The number of hydrogen-bond acceptors (Lipinski definition) is 3. The molecule has 0 atom stereocenters. The van der Waals surface area contributed by atoms with E-state index in [9.17, 15) is 0 Å². The topological polar surface area (TPSA) is 9.72 Å². The van der Waals surface area contributed by atoms with Crippen LogP contribution in [0.4, 0.5) is 51.2 Å². The van der Waals surface area contributed by atoms with Crippen LogP contribution in [0.15, 0.2) is 176 Å². The number of nitrogens with zero attached hydrogens (tertiary/aromatic N) is 3. The summed E-state index contributed by atoms with van der Waals surface area (Å²) in [6, 6.07) is 69.7. The molecular formula is C84H94BN3. The molecule has 0 spiro atoms. The van der Waals surface area contributed by atoms with Crippen LogP contribution in [0.5, 0.6) is 0 Å². The van der Waals surface area contributed by atoms with Crippen molar-refractivity contribution < 1.29 is 0 Å². The minimum absolute atomic E-state index is 0.0106. The highest BCUT2D eigenvalue weighted by Crippen LogP contribution is 2.57. The van der Waals surface area contributed by atoms with Crippen molar-refractivity contribution in [3.05, 3.63) is 237 Å². The van der Waals surface area contributed by atoms with Gasteiger partial charge in [0.2, 0.25) is 0 Å². The normalized spacial score (nSPS) is 16.7. The number of hydrogen-bond donors (Lipinski definition) is 0. The Kier molecular flexibility index (Phi) is 13.3. The summed E-state index contributed by atoms with van der Waals surface area (Å²) in [5.74, 6) is 0. The Morgan fingerprint density at radius 2 is 0.795 bits per heavy atom. The molecule has 0 saturated carbocycles. The van der Waals surface area contributed by atoms with E-state index in [0.29, 0.717) is 0 Å². The van der Waals surface area contributed by atoms with Crippen molar-refractivity contribution in [2.45, 2.75) is 195 Å². The van der Waals surface area contributed by atoms with Gasteiger partial charge in [0.05, 0.1) is 5.69 Å². The fraction of sp³-hybridized carbons (Fsp3) is 0.357. The zero-order chi connectivity index (χ0) is 63.0. The lowest BCUT2D eigenvalue weighted by atomic mass is 9.33. The predicted molar refractivity (Wildman–Crippen MR) is 381 cm³/mol. The summed E-state index contributed by atoms with van der Waals surface area (Å²) in [5, 5.41) is 0. The number of anilines is 9. The minimum atomic E-state index is -0.265. The predicted octanol–water partition coefficient (Wildman–Crippen LogP) is 21.3. The second-order valence-corrected chi connectivity index (χ2v) is 33.2. The lowest BCUT2D eigenvalue weighted by Gasteiger charge is -2.47. The van der Waals surface area contributed by atoms with Crippen LogP contribution in [-0.2, 0) is 43.3 Å². The fourth-order valence-electron chi connectivity index (χ4n) is 16.1. The third-order valence-corrected chi connectivity index (χ3v) is 21.0. The minimum Gasteiger partial charge on any atom is -0.311 e. The molecule has 0 bridgehead atoms. The number of aryl methyl sites for hydroxylation is 1. The molecule has 13 rings (SSSR count). The molecule has 88 heavy (non-hydrogen) atoms. The highest BCUT2D eigenvalue weighted by molar-refractivity contribution is 7.00. The van der Waals surface area contributed by atoms with Gasteiger partial charge in [-0.2, -0.15) is 0 Å². The van der Waals surface area contributed by atoms with Gasteiger partial charge in [-0.05, 0) is 202 Å². The van der Waals surface area contributed by atoms with E-state index in [1.54, 1.807) is 0 Å². The quantitative estimate of drug-likeness (QED) is 0.154. The summed E-state index contributed by atoms with van der Waals surface area (Å²) in [5.41, 5.74) is 31.6. The largest absolute Gasteiger partial charge is 0.311 e. The third kappa shape index (κ3) is 9.42. The van der Waals surface area contributed by atoms with Gasteiger partial charge in [-0.1, -0.05) is 242 Å². The molecule has 2 heterocycles. The monoisotopic (exact) mass is 1160 g/mol. The first-order valence-corrected chi connectivity index (χ1v) is 32.7. The van der Waals surface area contributed by atoms with Gasteiger partial charge >= 0.3 is 0 Å². The average Bonchev–Trinajstić information content (AvgIpc) is 1.17. The van der Waals surface area contributed by atoms with Crippen molar-refractivity contribution in [1.82, 2.24) is 0 Å². The Labute approximate surface area is 529 Å². The molecule has 9 aromatic rings. The van der Waals surface area contributed by atoms with Gasteiger partial charge in [-0.3, -0.25) is 0 Å². The van der Waals surface area contributed by atoms with E-state index in [-0.39, 0.29) is 50.0 Å². The van der Waals surface area contributed by atoms with Gasteiger partial charge in [0.25, 0.3) is 6.71 Å². The maximum absolute atomic E-state index is 2.73. The van der Waals surface area contributed by atoms with Crippen LogP contribution >= 0.6 is 0 Å². The van der Waals surface area contributed by atoms with Crippen molar-refractivity contribution in [3.8, 4) is 11.1 Å². The highest BCUT2D eigenvalue weighted by atomic mass is 15.2. The Balaban J connectivity index is 1.17. The number of rotatable bonds is 6. The van der Waals surface area contributed by atoms with E-state index in [0.717, 1.165) is 23.5 Å². The van der Waals surface area contributed by atoms with E-state index in [1.807, 2.05) is 0 Å². The Morgan fingerprint density at radius 3 is 1.32 bits per heavy atom. The molecule has 9 aromatic carbocycles. The van der Waals surface area contributed by atoms with Gasteiger partial charge < -0.3 is 14.7 Å². The van der Waals surface area contributed by atoms with Crippen molar-refractivity contribution in [1.29, 1.82) is 0 Å². The van der Waals surface area contributed by atoms with Crippen LogP contribution in [-0.4, -0.2) is 6.71 Å². The molecule has 4 heteroatoms. The Bertz CT molecular complexity index is 4220.